The maximum absolute atomic E-state index is 12.3. The molecule has 0 aromatic heterocycles. The van der Waals surface area contributed by atoms with Gasteiger partial charge in [-0.05, 0) is 37.8 Å². The molecular weight excluding hydrogens is 330 g/mol. The third kappa shape index (κ3) is 4.57. The highest BCUT2D eigenvalue weighted by molar-refractivity contribution is 6.09. The Morgan fingerprint density at radius 3 is 2.15 bits per heavy atom. The molecule has 1 saturated carbocycles. The van der Waals surface area contributed by atoms with Crippen LogP contribution in [0.15, 0.2) is 54.6 Å². The van der Waals surface area contributed by atoms with Gasteiger partial charge in [-0.15, -0.1) is 0 Å². The van der Waals surface area contributed by atoms with Gasteiger partial charge in [-0.25, -0.2) is 4.79 Å². The number of amides is 1. The minimum absolute atomic E-state index is 0.112. The van der Waals surface area contributed by atoms with Gasteiger partial charge in [-0.3, -0.25) is 9.59 Å². The minimum atomic E-state index is -0.585. The van der Waals surface area contributed by atoms with Crippen molar-refractivity contribution in [1.82, 2.24) is 5.32 Å². The highest BCUT2D eigenvalue weighted by Crippen LogP contribution is 2.32. The fraction of sp³-hybridized carbons (Fsp3) is 0.286. The van der Waals surface area contributed by atoms with Crippen LogP contribution < -0.4 is 5.32 Å². The van der Waals surface area contributed by atoms with Gasteiger partial charge in [0.05, 0.1) is 5.56 Å². The van der Waals surface area contributed by atoms with Gasteiger partial charge < -0.3 is 10.1 Å². The topological polar surface area (TPSA) is 72.5 Å². The van der Waals surface area contributed by atoms with Gasteiger partial charge in [0.25, 0.3) is 5.91 Å². The van der Waals surface area contributed by atoms with Gasteiger partial charge in [-0.1, -0.05) is 42.5 Å². The van der Waals surface area contributed by atoms with Crippen molar-refractivity contribution in [3.05, 3.63) is 71.3 Å². The molecule has 2 aromatic rings. The van der Waals surface area contributed by atoms with Crippen molar-refractivity contribution in [2.45, 2.75) is 25.8 Å². The zero-order valence-electron chi connectivity index (χ0n) is 14.6. The SMILES string of the molecule is C[C@H](NC(=O)COC(=O)c1ccc(C(=O)c2ccccc2)cc1)C1CC1. The Morgan fingerprint density at radius 1 is 0.962 bits per heavy atom. The highest BCUT2D eigenvalue weighted by atomic mass is 16.5. The molecule has 1 aliphatic carbocycles. The maximum atomic E-state index is 12.3. The molecule has 5 nitrogen and oxygen atoms in total. The molecule has 1 amide bonds. The van der Waals surface area contributed by atoms with E-state index in [1.54, 1.807) is 36.4 Å². The molecule has 0 radical (unpaired) electrons. The first-order valence-electron chi connectivity index (χ1n) is 8.71. The van der Waals surface area contributed by atoms with Crippen LogP contribution >= 0.6 is 0 Å². The lowest BCUT2D eigenvalue weighted by Crippen LogP contribution is -2.37. The fourth-order valence-corrected chi connectivity index (χ4v) is 2.74. The van der Waals surface area contributed by atoms with Gasteiger partial charge in [0.15, 0.2) is 12.4 Å². The Hall–Kier alpha value is -2.95. The van der Waals surface area contributed by atoms with E-state index in [2.05, 4.69) is 5.32 Å². The summed E-state index contributed by atoms with van der Waals surface area (Å²) in [4.78, 5) is 36.2. The molecule has 1 aliphatic rings. The van der Waals surface area contributed by atoms with E-state index in [1.807, 2.05) is 13.0 Å². The lowest BCUT2D eigenvalue weighted by atomic mass is 10.0. The number of esters is 1. The van der Waals surface area contributed by atoms with E-state index >= 15 is 0 Å². The van der Waals surface area contributed by atoms with Crippen molar-refractivity contribution in [2.24, 2.45) is 5.92 Å². The van der Waals surface area contributed by atoms with Crippen molar-refractivity contribution in [3.8, 4) is 0 Å². The summed E-state index contributed by atoms with van der Waals surface area (Å²) in [5.74, 6) is -0.449. The van der Waals surface area contributed by atoms with Gasteiger partial charge in [0.2, 0.25) is 0 Å². The Balaban J connectivity index is 1.53. The summed E-state index contributed by atoms with van der Waals surface area (Å²) in [5.41, 5.74) is 1.38. The number of benzene rings is 2. The van der Waals surface area contributed by atoms with Crippen LogP contribution in [0.25, 0.3) is 0 Å². The number of nitrogens with one attached hydrogen (secondary N) is 1. The van der Waals surface area contributed by atoms with E-state index in [0.29, 0.717) is 22.6 Å². The van der Waals surface area contributed by atoms with E-state index in [1.165, 1.54) is 12.1 Å². The molecule has 1 atom stereocenters. The molecule has 0 heterocycles. The molecule has 3 rings (SSSR count). The van der Waals surface area contributed by atoms with E-state index in [4.69, 9.17) is 4.74 Å². The highest BCUT2D eigenvalue weighted by Gasteiger charge is 2.29. The number of ether oxygens (including phenoxy) is 1. The average molecular weight is 351 g/mol. The van der Waals surface area contributed by atoms with E-state index in [0.717, 1.165) is 12.8 Å². The number of rotatable bonds is 7. The molecular formula is C21H21NO4. The first kappa shape index (κ1) is 17.9. The smallest absolute Gasteiger partial charge is 0.338 e. The van der Waals surface area contributed by atoms with Crippen LogP contribution in [0.5, 0.6) is 0 Å². The molecule has 134 valence electrons. The van der Waals surface area contributed by atoms with Crippen LogP contribution in [0.1, 0.15) is 46.0 Å². The summed E-state index contributed by atoms with van der Waals surface area (Å²) in [5, 5.41) is 2.83. The summed E-state index contributed by atoms with van der Waals surface area (Å²) in [6.45, 7) is 1.65. The molecule has 0 spiro atoms. The van der Waals surface area contributed by atoms with Crippen LogP contribution in [0, 0.1) is 5.92 Å². The van der Waals surface area contributed by atoms with Crippen LogP contribution in [0.4, 0.5) is 0 Å². The van der Waals surface area contributed by atoms with Crippen LogP contribution in [-0.4, -0.2) is 30.3 Å². The predicted molar refractivity (Wildman–Crippen MR) is 96.9 cm³/mol. The van der Waals surface area contributed by atoms with Crippen molar-refractivity contribution in [2.75, 3.05) is 6.61 Å². The number of hydrogen-bond acceptors (Lipinski definition) is 4. The van der Waals surface area contributed by atoms with Crippen molar-refractivity contribution < 1.29 is 19.1 Å². The zero-order chi connectivity index (χ0) is 18.5. The van der Waals surface area contributed by atoms with Crippen molar-refractivity contribution in [1.29, 1.82) is 0 Å². The molecule has 1 N–H and O–H groups in total. The van der Waals surface area contributed by atoms with Crippen molar-refractivity contribution in [3.63, 3.8) is 0 Å². The molecule has 0 unspecified atom stereocenters. The third-order valence-electron chi connectivity index (χ3n) is 4.47. The zero-order valence-corrected chi connectivity index (χ0v) is 14.6. The first-order chi connectivity index (χ1) is 12.5. The molecule has 0 aliphatic heterocycles. The van der Waals surface area contributed by atoms with Gasteiger partial charge in [0, 0.05) is 17.2 Å². The summed E-state index contributed by atoms with van der Waals surface area (Å²) in [7, 11) is 0. The Labute approximate surface area is 152 Å². The van der Waals surface area contributed by atoms with Gasteiger partial charge >= 0.3 is 5.97 Å². The lowest BCUT2D eigenvalue weighted by molar-refractivity contribution is -0.124. The Bertz CT molecular complexity index is 795. The molecule has 26 heavy (non-hydrogen) atoms. The average Bonchev–Trinajstić information content (AvgIpc) is 3.52. The first-order valence-corrected chi connectivity index (χ1v) is 8.71. The molecule has 0 bridgehead atoms. The Kier molecular flexibility index (Phi) is 5.46. The summed E-state index contributed by atoms with van der Waals surface area (Å²) in [6.07, 6.45) is 2.27. The Morgan fingerprint density at radius 2 is 1.54 bits per heavy atom. The summed E-state index contributed by atoms with van der Waals surface area (Å²) in [6, 6.07) is 15.3. The molecule has 5 heteroatoms. The minimum Gasteiger partial charge on any atom is -0.452 e. The van der Waals surface area contributed by atoms with E-state index in [9.17, 15) is 14.4 Å². The van der Waals surface area contributed by atoms with Crippen molar-refractivity contribution >= 4 is 17.7 Å². The number of carbonyl (C=O) groups excluding carboxylic acids is 3. The molecule has 2 aromatic carbocycles. The van der Waals surface area contributed by atoms with E-state index < -0.39 is 5.97 Å². The standard InChI is InChI=1S/C21H21NO4/c1-14(15-7-8-15)22-19(23)13-26-21(25)18-11-9-17(10-12-18)20(24)16-5-3-2-4-6-16/h2-6,9-12,14-15H,7-8,13H2,1H3,(H,22,23)/t14-/m0/s1. The van der Waals surface area contributed by atoms with Crippen LogP contribution in [0.3, 0.4) is 0 Å². The predicted octanol–water partition coefficient (Wildman–Crippen LogP) is 2.99. The van der Waals surface area contributed by atoms with Crippen LogP contribution in [-0.2, 0) is 9.53 Å². The van der Waals surface area contributed by atoms with Gasteiger partial charge in [-0.2, -0.15) is 0 Å². The largest absolute Gasteiger partial charge is 0.452 e. The van der Waals surface area contributed by atoms with Gasteiger partial charge in [0.1, 0.15) is 0 Å². The lowest BCUT2D eigenvalue weighted by Gasteiger charge is -2.12. The fourth-order valence-electron chi connectivity index (χ4n) is 2.74. The quantitative estimate of drug-likeness (QED) is 0.615. The van der Waals surface area contributed by atoms with E-state index in [-0.39, 0.29) is 24.3 Å². The second-order valence-electron chi connectivity index (χ2n) is 6.54. The summed E-state index contributed by atoms with van der Waals surface area (Å²) >= 11 is 0. The van der Waals surface area contributed by atoms with Crippen LogP contribution in [0.2, 0.25) is 0 Å². The summed E-state index contributed by atoms with van der Waals surface area (Å²) < 4.78 is 5.04. The third-order valence-corrected chi connectivity index (χ3v) is 4.47. The number of hydrogen-bond donors (Lipinski definition) is 1. The number of ketones is 1. The molecule has 0 saturated heterocycles. The maximum Gasteiger partial charge on any atom is 0.338 e. The number of carbonyl (C=O) groups is 3. The second-order valence-corrected chi connectivity index (χ2v) is 6.54. The molecule has 1 fully saturated rings. The second kappa shape index (κ2) is 7.95. The monoisotopic (exact) mass is 351 g/mol. The normalized spacial score (nSPS) is 14.3.